The first-order valence-corrected chi connectivity index (χ1v) is 11.8. The van der Waals surface area contributed by atoms with Gasteiger partial charge in [-0.3, -0.25) is 9.59 Å². The molecule has 1 fully saturated rings. The molecular weight excluding hydrogens is 504 g/mol. The monoisotopic (exact) mass is 531 g/mol. The van der Waals surface area contributed by atoms with Crippen LogP contribution in [0.15, 0.2) is 42.6 Å². The summed E-state index contributed by atoms with van der Waals surface area (Å²) in [6.07, 6.45) is -1.35. The van der Waals surface area contributed by atoms with E-state index in [9.17, 15) is 28.3 Å². The predicted molar refractivity (Wildman–Crippen MR) is 131 cm³/mol. The van der Waals surface area contributed by atoms with Crippen LogP contribution in [0.2, 0.25) is 0 Å². The first-order valence-electron chi connectivity index (χ1n) is 11.8. The van der Waals surface area contributed by atoms with Crippen LogP contribution in [0, 0.1) is 0 Å². The summed E-state index contributed by atoms with van der Waals surface area (Å²) in [5.41, 5.74) is -0.391. The number of halogens is 2. The number of nitrogens with zero attached hydrogens (tertiary/aromatic N) is 4. The van der Waals surface area contributed by atoms with Gasteiger partial charge in [-0.05, 0) is 42.7 Å². The molecule has 0 radical (unpaired) electrons. The number of aliphatic hydroxyl groups is 1. The van der Waals surface area contributed by atoms with Gasteiger partial charge in [0.05, 0.1) is 30.8 Å². The number of pyridine rings is 1. The molecule has 13 heteroatoms. The second-order valence-corrected chi connectivity index (χ2v) is 9.21. The highest BCUT2D eigenvalue weighted by molar-refractivity contribution is 5.99. The first-order chi connectivity index (χ1) is 18.0. The number of nitrogens with one attached hydrogen (secondary N) is 1. The van der Waals surface area contributed by atoms with E-state index in [1.807, 2.05) is 0 Å². The molecule has 2 heterocycles. The number of benzene rings is 1. The maximum atomic E-state index is 14.1. The molecular formula is C25H27F2N5O6. The Morgan fingerprint density at radius 3 is 2.37 bits per heavy atom. The van der Waals surface area contributed by atoms with E-state index in [2.05, 4.69) is 15.4 Å². The van der Waals surface area contributed by atoms with Crippen molar-refractivity contribution in [3.05, 3.63) is 48.2 Å². The molecule has 2 amide bonds. The third kappa shape index (κ3) is 5.01. The fraction of sp³-hybridized carbons (Fsp3) is 0.400. The molecule has 4 rings (SSSR count). The summed E-state index contributed by atoms with van der Waals surface area (Å²) in [6, 6.07) is 8.00. The van der Waals surface area contributed by atoms with Gasteiger partial charge in [-0.15, -0.1) is 0 Å². The van der Waals surface area contributed by atoms with Gasteiger partial charge in [0.15, 0.2) is 0 Å². The van der Waals surface area contributed by atoms with E-state index in [0.717, 1.165) is 9.58 Å². The minimum Gasteiger partial charge on any atom is -0.497 e. The molecule has 0 spiro atoms. The number of hydrogen-bond donors (Lipinski definition) is 3. The number of aromatic nitrogens is 3. The van der Waals surface area contributed by atoms with Gasteiger partial charge < -0.3 is 25.2 Å². The number of rotatable bonds is 7. The molecule has 11 nitrogen and oxygen atoms in total. The molecule has 1 aromatic carbocycles. The van der Waals surface area contributed by atoms with E-state index >= 15 is 0 Å². The lowest BCUT2D eigenvalue weighted by atomic mass is 9.67. The van der Waals surface area contributed by atoms with E-state index in [4.69, 9.17) is 9.84 Å². The standard InChI is InChI=1S/C25H27F2N5O6/c1-31(19(14-33)21(34)30-20-8-7-18-17(29-20)13-28-32(18)23(36)37)22(35)24(9-11-25(26,27)12-10-24)15-3-5-16(38-2)6-4-15/h3-8,13,19,33H,9-12,14H2,1-2H3,(H,36,37)(H,29,30,34)/t19-/m1/s1. The van der Waals surface area contributed by atoms with Crippen molar-refractivity contribution in [2.24, 2.45) is 0 Å². The van der Waals surface area contributed by atoms with E-state index in [1.165, 1.54) is 32.5 Å². The van der Waals surface area contributed by atoms with E-state index < -0.39 is 54.7 Å². The van der Waals surface area contributed by atoms with E-state index in [-0.39, 0.29) is 29.7 Å². The fourth-order valence-electron chi connectivity index (χ4n) is 4.79. The van der Waals surface area contributed by atoms with Crippen molar-refractivity contribution in [1.82, 2.24) is 19.7 Å². The zero-order valence-electron chi connectivity index (χ0n) is 20.7. The maximum Gasteiger partial charge on any atom is 0.432 e. The summed E-state index contributed by atoms with van der Waals surface area (Å²) in [7, 11) is 2.83. The van der Waals surface area contributed by atoms with Crippen LogP contribution in [-0.4, -0.2) is 80.5 Å². The van der Waals surface area contributed by atoms with Gasteiger partial charge in [-0.1, -0.05) is 12.1 Å². The SMILES string of the molecule is COc1ccc(C2(C(=O)N(C)[C@H](CO)C(=O)Nc3ccc4c(cnn4C(=O)O)n3)CCC(F)(F)CC2)cc1. The molecule has 0 unspecified atom stereocenters. The number of amides is 2. The second kappa shape index (κ2) is 10.3. The van der Waals surface area contributed by atoms with E-state index in [1.54, 1.807) is 24.3 Å². The second-order valence-electron chi connectivity index (χ2n) is 9.21. The minimum absolute atomic E-state index is 0.0499. The Hall–Kier alpha value is -4.13. The quantitative estimate of drug-likeness (QED) is 0.422. The molecule has 2 aromatic heterocycles. The fourth-order valence-corrected chi connectivity index (χ4v) is 4.79. The number of carbonyl (C=O) groups excluding carboxylic acids is 2. The van der Waals surface area contributed by atoms with Crippen molar-refractivity contribution in [3.8, 4) is 5.75 Å². The smallest absolute Gasteiger partial charge is 0.432 e. The normalized spacial score (nSPS) is 17.0. The van der Waals surface area contributed by atoms with Crippen molar-refractivity contribution < 1.29 is 38.1 Å². The minimum atomic E-state index is -2.90. The molecule has 202 valence electrons. The molecule has 3 N–H and O–H groups in total. The number of carbonyl (C=O) groups is 3. The molecule has 0 aliphatic heterocycles. The Morgan fingerprint density at radius 2 is 1.79 bits per heavy atom. The molecule has 1 atom stereocenters. The van der Waals surface area contributed by atoms with Crippen molar-refractivity contribution in [2.75, 3.05) is 26.1 Å². The average Bonchev–Trinajstić information content (AvgIpc) is 3.33. The van der Waals surface area contributed by atoms with Gasteiger partial charge in [0.1, 0.15) is 23.1 Å². The number of aliphatic hydroxyl groups excluding tert-OH is 1. The summed E-state index contributed by atoms with van der Waals surface area (Å²) in [6.45, 7) is -0.734. The number of likely N-dealkylation sites (N-methyl/N-ethyl adjacent to an activating group) is 1. The molecule has 1 saturated carbocycles. The predicted octanol–water partition coefficient (Wildman–Crippen LogP) is 2.87. The zero-order chi connectivity index (χ0) is 27.7. The lowest BCUT2D eigenvalue weighted by molar-refractivity contribution is -0.147. The number of hydrogen-bond acceptors (Lipinski definition) is 7. The number of alkyl halides is 2. The van der Waals surface area contributed by atoms with Crippen LogP contribution < -0.4 is 10.1 Å². The number of methoxy groups -OCH3 is 1. The molecule has 0 bridgehead atoms. The van der Waals surface area contributed by atoms with Gasteiger partial charge >= 0.3 is 6.09 Å². The van der Waals surface area contributed by atoms with Crippen LogP contribution in [-0.2, 0) is 15.0 Å². The van der Waals surface area contributed by atoms with Gasteiger partial charge in [0, 0.05) is 19.9 Å². The summed E-state index contributed by atoms with van der Waals surface area (Å²) >= 11 is 0. The third-order valence-electron chi connectivity index (χ3n) is 7.01. The van der Waals surface area contributed by atoms with E-state index in [0.29, 0.717) is 11.3 Å². The van der Waals surface area contributed by atoms with Crippen LogP contribution in [0.1, 0.15) is 31.2 Å². The number of ether oxygens (including phenoxy) is 1. The van der Waals surface area contributed by atoms with Gasteiger partial charge in [0.25, 0.3) is 5.91 Å². The van der Waals surface area contributed by atoms with Gasteiger partial charge in [-0.2, -0.15) is 9.78 Å². The highest BCUT2D eigenvalue weighted by Gasteiger charge is 2.51. The highest BCUT2D eigenvalue weighted by atomic mass is 19.3. The summed E-state index contributed by atoms with van der Waals surface area (Å²) in [5, 5.41) is 25.4. The van der Waals surface area contributed by atoms with Crippen molar-refractivity contribution in [1.29, 1.82) is 0 Å². The van der Waals surface area contributed by atoms with Crippen molar-refractivity contribution in [3.63, 3.8) is 0 Å². The Kier molecular flexibility index (Phi) is 7.31. The molecule has 38 heavy (non-hydrogen) atoms. The maximum absolute atomic E-state index is 14.1. The summed E-state index contributed by atoms with van der Waals surface area (Å²) in [4.78, 5) is 43.4. The topological polar surface area (TPSA) is 147 Å². The number of fused-ring (bicyclic) bond motifs is 1. The Balaban J connectivity index is 1.58. The first kappa shape index (κ1) is 26.9. The van der Waals surface area contributed by atoms with Gasteiger partial charge in [-0.25, -0.2) is 18.6 Å². The summed E-state index contributed by atoms with van der Waals surface area (Å²) < 4.78 is 34.1. The lowest BCUT2D eigenvalue weighted by Crippen LogP contribution is -2.55. The highest BCUT2D eigenvalue weighted by Crippen LogP contribution is 2.47. The molecule has 1 aliphatic carbocycles. The summed E-state index contributed by atoms with van der Waals surface area (Å²) in [5.74, 6) is -3.64. The van der Waals surface area contributed by atoms with Crippen molar-refractivity contribution >= 4 is 34.8 Å². The molecule has 1 aliphatic rings. The van der Waals surface area contributed by atoms with Crippen LogP contribution >= 0.6 is 0 Å². The third-order valence-corrected chi connectivity index (χ3v) is 7.01. The van der Waals surface area contributed by atoms with Crippen LogP contribution in [0.25, 0.3) is 11.0 Å². The van der Waals surface area contributed by atoms with Crippen LogP contribution in [0.5, 0.6) is 5.75 Å². The molecule has 3 aromatic rings. The largest absolute Gasteiger partial charge is 0.497 e. The number of carboxylic acid groups (broad SMARTS) is 1. The lowest BCUT2D eigenvalue weighted by Gasteiger charge is -2.42. The van der Waals surface area contributed by atoms with Crippen LogP contribution in [0.4, 0.5) is 19.4 Å². The van der Waals surface area contributed by atoms with Gasteiger partial charge in [0.2, 0.25) is 11.8 Å². The zero-order valence-corrected chi connectivity index (χ0v) is 20.7. The Bertz CT molecular complexity index is 1350. The Morgan fingerprint density at radius 1 is 1.13 bits per heavy atom. The van der Waals surface area contributed by atoms with Crippen LogP contribution in [0.3, 0.4) is 0 Å². The molecule has 0 saturated heterocycles. The average molecular weight is 532 g/mol. The number of anilines is 1. The Labute approximate surface area is 216 Å². The van der Waals surface area contributed by atoms with Crippen molar-refractivity contribution in [2.45, 2.75) is 43.1 Å².